The SMILES string of the molecule is CCC(NC(=O)CSCC#N)C(=O)O. The molecule has 14 heavy (non-hydrogen) atoms. The van der Waals surface area contributed by atoms with Crippen molar-refractivity contribution in [2.45, 2.75) is 19.4 Å². The average Bonchev–Trinajstić information content (AvgIpc) is 2.14. The van der Waals surface area contributed by atoms with Crippen molar-refractivity contribution in [3.8, 4) is 6.07 Å². The molecule has 0 radical (unpaired) electrons. The molecule has 0 aliphatic rings. The molecule has 0 saturated heterocycles. The van der Waals surface area contributed by atoms with E-state index in [2.05, 4.69) is 5.32 Å². The van der Waals surface area contributed by atoms with Crippen LogP contribution < -0.4 is 5.32 Å². The molecule has 0 fully saturated rings. The Kier molecular flexibility index (Phi) is 6.58. The summed E-state index contributed by atoms with van der Waals surface area (Å²) in [6.07, 6.45) is 0.351. The Balaban J connectivity index is 3.80. The fourth-order valence-electron chi connectivity index (χ4n) is 0.764. The highest BCUT2D eigenvalue weighted by Gasteiger charge is 2.16. The summed E-state index contributed by atoms with van der Waals surface area (Å²) < 4.78 is 0. The Hall–Kier alpha value is -1.22. The molecule has 1 unspecified atom stereocenters. The van der Waals surface area contributed by atoms with Crippen LogP contribution in [0.4, 0.5) is 0 Å². The normalized spacial score (nSPS) is 11.4. The highest BCUT2D eigenvalue weighted by molar-refractivity contribution is 8.00. The van der Waals surface area contributed by atoms with E-state index in [1.54, 1.807) is 6.92 Å². The zero-order valence-electron chi connectivity index (χ0n) is 7.82. The number of nitrogens with one attached hydrogen (secondary N) is 1. The van der Waals surface area contributed by atoms with E-state index in [1.165, 1.54) is 0 Å². The number of hydrogen-bond donors (Lipinski definition) is 2. The average molecular weight is 216 g/mol. The topological polar surface area (TPSA) is 90.2 Å². The van der Waals surface area contributed by atoms with Crippen molar-refractivity contribution in [3.63, 3.8) is 0 Å². The standard InChI is InChI=1S/C8H12N2O3S/c1-2-6(8(12)13)10-7(11)5-14-4-3-9/h6H,2,4-5H2,1H3,(H,10,11)(H,12,13). The van der Waals surface area contributed by atoms with Crippen molar-refractivity contribution in [1.82, 2.24) is 5.32 Å². The van der Waals surface area contributed by atoms with E-state index in [4.69, 9.17) is 10.4 Å². The van der Waals surface area contributed by atoms with Gasteiger partial charge in [0, 0.05) is 0 Å². The van der Waals surface area contributed by atoms with Gasteiger partial charge in [-0.3, -0.25) is 4.79 Å². The number of carbonyl (C=O) groups excluding carboxylic acids is 1. The lowest BCUT2D eigenvalue weighted by Crippen LogP contribution is -2.41. The van der Waals surface area contributed by atoms with Crippen molar-refractivity contribution in [2.75, 3.05) is 11.5 Å². The van der Waals surface area contributed by atoms with Gasteiger partial charge in [-0.1, -0.05) is 6.92 Å². The maximum Gasteiger partial charge on any atom is 0.326 e. The third-order valence-electron chi connectivity index (χ3n) is 1.44. The van der Waals surface area contributed by atoms with E-state index in [1.807, 2.05) is 6.07 Å². The molecule has 0 aromatic rings. The smallest absolute Gasteiger partial charge is 0.326 e. The fourth-order valence-corrected chi connectivity index (χ4v) is 1.23. The van der Waals surface area contributed by atoms with Gasteiger partial charge in [0.2, 0.25) is 5.91 Å². The van der Waals surface area contributed by atoms with Gasteiger partial charge >= 0.3 is 5.97 Å². The van der Waals surface area contributed by atoms with Crippen molar-refractivity contribution in [2.24, 2.45) is 0 Å². The van der Waals surface area contributed by atoms with E-state index in [-0.39, 0.29) is 17.4 Å². The van der Waals surface area contributed by atoms with Crippen LogP contribution in [0.3, 0.4) is 0 Å². The molecule has 0 heterocycles. The minimum absolute atomic E-state index is 0.122. The van der Waals surface area contributed by atoms with Crippen LogP contribution in [-0.4, -0.2) is 34.5 Å². The molecular weight excluding hydrogens is 204 g/mol. The second kappa shape index (κ2) is 7.21. The van der Waals surface area contributed by atoms with Crippen molar-refractivity contribution in [3.05, 3.63) is 0 Å². The van der Waals surface area contributed by atoms with Crippen LogP contribution in [0.1, 0.15) is 13.3 Å². The van der Waals surface area contributed by atoms with Crippen LogP contribution in [-0.2, 0) is 9.59 Å². The number of nitriles is 1. The largest absolute Gasteiger partial charge is 0.480 e. The Morgan fingerprint density at radius 1 is 1.64 bits per heavy atom. The summed E-state index contributed by atoms with van der Waals surface area (Å²) >= 11 is 1.16. The number of thioether (sulfide) groups is 1. The number of carbonyl (C=O) groups is 2. The molecule has 1 atom stereocenters. The molecule has 6 heteroatoms. The molecule has 2 N–H and O–H groups in total. The molecule has 78 valence electrons. The summed E-state index contributed by atoms with van der Waals surface area (Å²) in [5.74, 6) is -1.03. The van der Waals surface area contributed by atoms with Gasteiger partial charge in [-0.25, -0.2) is 4.79 Å². The number of amides is 1. The second-order valence-corrected chi connectivity index (χ2v) is 3.50. The lowest BCUT2D eigenvalue weighted by Gasteiger charge is -2.11. The number of carboxylic acids is 1. The predicted molar refractivity (Wildman–Crippen MR) is 52.8 cm³/mol. The van der Waals surface area contributed by atoms with Crippen molar-refractivity contribution < 1.29 is 14.7 Å². The van der Waals surface area contributed by atoms with Crippen LogP contribution in [0.15, 0.2) is 0 Å². The zero-order valence-corrected chi connectivity index (χ0v) is 8.63. The highest BCUT2D eigenvalue weighted by atomic mass is 32.2. The molecule has 0 aromatic carbocycles. The Morgan fingerprint density at radius 3 is 2.71 bits per heavy atom. The number of nitrogens with zero attached hydrogens (tertiary/aromatic N) is 1. The lowest BCUT2D eigenvalue weighted by atomic mass is 10.2. The van der Waals surface area contributed by atoms with Gasteiger partial charge in [0.15, 0.2) is 0 Å². The highest BCUT2D eigenvalue weighted by Crippen LogP contribution is 1.98. The predicted octanol–water partition coefficient (Wildman–Crippen LogP) is 0.223. The maximum atomic E-state index is 11.1. The molecular formula is C8H12N2O3S. The molecule has 5 nitrogen and oxygen atoms in total. The van der Waals surface area contributed by atoms with E-state index in [0.717, 1.165) is 11.8 Å². The summed E-state index contributed by atoms with van der Waals surface area (Å²) in [7, 11) is 0. The third kappa shape index (κ3) is 5.43. The Labute approximate surface area is 86.5 Å². The van der Waals surface area contributed by atoms with Crippen molar-refractivity contribution >= 4 is 23.6 Å². The third-order valence-corrected chi connectivity index (χ3v) is 2.24. The van der Waals surface area contributed by atoms with E-state index >= 15 is 0 Å². The summed E-state index contributed by atoms with van der Waals surface area (Å²) in [4.78, 5) is 21.6. The molecule has 0 saturated carbocycles. The minimum atomic E-state index is -1.04. The molecule has 0 aliphatic carbocycles. The molecule has 0 aromatic heterocycles. The van der Waals surface area contributed by atoms with E-state index in [0.29, 0.717) is 6.42 Å². The van der Waals surface area contributed by atoms with Crippen LogP contribution in [0.2, 0.25) is 0 Å². The first-order valence-electron chi connectivity index (χ1n) is 4.08. The fraction of sp³-hybridized carbons (Fsp3) is 0.625. The molecule has 0 aliphatic heterocycles. The number of aliphatic carboxylic acids is 1. The summed E-state index contributed by atoms with van der Waals surface area (Å²) in [5, 5.41) is 19.2. The van der Waals surface area contributed by atoms with Gasteiger partial charge in [0.05, 0.1) is 17.6 Å². The maximum absolute atomic E-state index is 11.1. The number of rotatable bonds is 6. The molecule has 0 spiro atoms. The number of hydrogen-bond acceptors (Lipinski definition) is 4. The van der Waals surface area contributed by atoms with Crippen LogP contribution in [0, 0.1) is 11.3 Å². The Morgan fingerprint density at radius 2 is 2.29 bits per heavy atom. The second-order valence-electron chi connectivity index (χ2n) is 2.52. The van der Waals surface area contributed by atoms with Crippen molar-refractivity contribution in [1.29, 1.82) is 5.26 Å². The van der Waals surface area contributed by atoms with E-state index in [9.17, 15) is 9.59 Å². The van der Waals surface area contributed by atoms with Gasteiger partial charge in [-0.2, -0.15) is 5.26 Å². The van der Waals surface area contributed by atoms with Gasteiger partial charge in [0.25, 0.3) is 0 Å². The summed E-state index contributed by atoms with van der Waals surface area (Å²) in [6, 6.07) is 1.05. The number of carboxylic acid groups (broad SMARTS) is 1. The first-order valence-corrected chi connectivity index (χ1v) is 5.24. The van der Waals surface area contributed by atoms with Crippen LogP contribution >= 0.6 is 11.8 Å². The first kappa shape index (κ1) is 12.8. The Bertz CT molecular complexity index is 249. The van der Waals surface area contributed by atoms with Gasteiger partial charge in [-0.05, 0) is 6.42 Å². The van der Waals surface area contributed by atoms with Gasteiger partial charge in [0.1, 0.15) is 6.04 Å². The monoisotopic (exact) mass is 216 g/mol. The van der Waals surface area contributed by atoms with Crippen LogP contribution in [0.5, 0.6) is 0 Å². The summed E-state index contributed by atoms with van der Waals surface area (Å²) in [6.45, 7) is 1.68. The van der Waals surface area contributed by atoms with Gasteiger partial charge in [-0.15, -0.1) is 11.8 Å². The minimum Gasteiger partial charge on any atom is -0.480 e. The summed E-state index contributed by atoms with van der Waals surface area (Å²) in [5.41, 5.74) is 0. The molecule has 0 rings (SSSR count). The molecule has 1 amide bonds. The first-order chi connectivity index (χ1) is 6.61. The molecule has 0 bridgehead atoms. The quantitative estimate of drug-likeness (QED) is 0.620. The van der Waals surface area contributed by atoms with Gasteiger partial charge < -0.3 is 10.4 Å². The van der Waals surface area contributed by atoms with E-state index < -0.39 is 12.0 Å². The lowest BCUT2D eigenvalue weighted by molar-refractivity contribution is -0.141. The zero-order chi connectivity index (χ0) is 11.0. The van der Waals surface area contributed by atoms with Crippen LogP contribution in [0.25, 0.3) is 0 Å².